The van der Waals surface area contributed by atoms with Crippen LogP contribution in [0.4, 0.5) is 4.79 Å². The molecule has 3 aromatic rings. The minimum atomic E-state index is -1.18. The molecule has 1 fully saturated rings. The fourth-order valence-electron chi connectivity index (χ4n) is 4.97. The summed E-state index contributed by atoms with van der Waals surface area (Å²) in [5.74, 6) is -1.00. The second-order valence-electron chi connectivity index (χ2n) is 8.37. The summed E-state index contributed by atoms with van der Waals surface area (Å²) in [6.07, 6.45) is -0.177. The molecule has 5 rings (SSSR count). The van der Waals surface area contributed by atoms with Crippen molar-refractivity contribution in [3.05, 3.63) is 94.5 Å². The van der Waals surface area contributed by atoms with Crippen molar-refractivity contribution in [2.24, 2.45) is 0 Å². The summed E-state index contributed by atoms with van der Waals surface area (Å²) in [4.78, 5) is 26.6. The van der Waals surface area contributed by atoms with E-state index in [0.29, 0.717) is 23.6 Å². The molecule has 1 atom stereocenters. The molecule has 162 valence electrons. The van der Waals surface area contributed by atoms with E-state index in [9.17, 15) is 14.7 Å². The van der Waals surface area contributed by atoms with Crippen molar-refractivity contribution < 1.29 is 19.4 Å². The van der Waals surface area contributed by atoms with E-state index in [4.69, 9.17) is 16.3 Å². The zero-order valence-corrected chi connectivity index (χ0v) is 18.1. The number of rotatable bonds is 4. The molecule has 0 radical (unpaired) electrons. The molecule has 3 aromatic carbocycles. The van der Waals surface area contributed by atoms with Crippen LogP contribution < -0.4 is 0 Å². The van der Waals surface area contributed by atoms with Crippen molar-refractivity contribution in [2.75, 3.05) is 19.7 Å². The van der Waals surface area contributed by atoms with Crippen LogP contribution in [0.25, 0.3) is 11.1 Å². The van der Waals surface area contributed by atoms with E-state index in [0.717, 1.165) is 22.3 Å². The lowest BCUT2D eigenvalue weighted by atomic mass is 9.80. The van der Waals surface area contributed by atoms with Gasteiger partial charge < -0.3 is 14.7 Å². The van der Waals surface area contributed by atoms with Crippen LogP contribution >= 0.6 is 11.6 Å². The number of ether oxygens (including phenoxy) is 1. The third kappa shape index (κ3) is 3.33. The minimum Gasteiger partial charge on any atom is -0.481 e. The molecule has 1 aliphatic heterocycles. The lowest BCUT2D eigenvalue weighted by molar-refractivity contribution is -0.143. The van der Waals surface area contributed by atoms with Crippen molar-refractivity contribution in [3.8, 4) is 11.1 Å². The molecule has 1 saturated heterocycles. The fourth-order valence-corrected chi connectivity index (χ4v) is 5.16. The molecule has 6 heteroatoms. The number of likely N-dealkylation sites (tertiary alicyclic amines) is 1. The molecule has 1 N–H and O–H groups in total. The summed E-state index contributed by atoms with van der Waals surface area (Å²) in [6, 6.07) is 23.2. The molecule has 2 aliphatic rings. The normalized spacial score (nSPS) is 19.5. The molecule has 0 bridgehead atoms. The highest BCUT2D eigenvalue weighted by molar-refractivity contribution is 6.30. The number of fused-ring (bicyclic) bond motifs is 3. The number of benzene rings is 3. The molecule has 1 aliphatic carbocycles. The number of carboxylic acids is 1. The van der Waals surface area contributed by atoms with Gasteiger partial charge >= 0.3 is 12.1 Å². The molecule has 1 unspecified atom stereocenters. The zero-order valence-electron chi connectivity index (χ0n) is 17.3. The number of carboxylic acid groups (broad SMARTS) is 1. The summed E-state index contributed by atoms with van der Waals surface area (Å²) < 4.78 is 5.72. The molecular weight excluding hydrogens is 426 g/mol. The molecule has 0 saturated carbocycles. The molecule has 0 spiro atoms. The molecule has 1 amide bonds. The average Bonchev–Trinajstić information content (AvgIpc) is 3.39. The quantitative estimate of drug-likeness (QED) is 0.588. The predicted molar refractivity (Wildman–Crippen MR) is 122 cm³/mol. The van der Waals surface area contributed by atoms with Gasteiger partial charge in [-0.05, 0) is 46.4 Å². The zero-order chi connectivity index (χ0) is 22.3. The van der Waals surface area contributed by atoms with Crippen LogP contribution in [0.15, 0.2) is 72.8 Å². The van der Waals surface area contributed by atoms with Crippen LogP contribution in [0.5, 0.6) is 0 Å². The second kappa shape index (κ2) is 7.99. The summed E-state index contributed by atoms with van der Waals surface area (Å²) >= 11 is 6.10. The van der Waals surface area contributed by atoms with Gasteiger partial charge in [-0.2, -0.15) is 0 Å². The molecule has 32 heavy (non-hydrogen) atoms. The lowest BCUT2D eigenvalue weighted by Crippen LogP contribution is -2.40. The Kier molecular flexibility index (Phi) is 5.14. The highest BCUT2D eigenvalue weighted by atomic mass is 35.5. The number of nitrogens with zero attached hydrogens (tertiary/aromatic N) is 1. The molecular formula is C26H22ClNO4. The Morgan fingerprint density at radius 1 is 1.00 bits per heavy atom. The van der Waals surface area contributed by atoms with Gasteiger partial charge in [-0.3, -0.25) is 4.79 Å². The number of aliphatic carboxylic acids is 1. The van der Waals surface area contributed by atoms with E-state index in [-0.39, 0.29) is 19.1 Å². The van der Waals surface area contributed by atoms with Gasteiger partial charge in [0.2, 0.25) is 0 Å². The van der Waals surface area contributed by atoms with Gasteiger partial charge in [-0.1, -0.05) is 72.3 Å². The van der Waals surface area contributed by atoms with E-state index in [1.54, 1.807) is 24.3 Å². The topological polar surface area (TPSA) is 66.8 Å². The Morgan fingerprint density at radius 3 is 2.28 bits per heavy atom. The highest BCUT2D eigenvalue weighted by Crippen LogP contribution is 2.44. The Labute approximate surface area is 191 Å². The maximum atomic E-state index is 12.9. The number of carbonyl (C=O) groups is 2. The Morgan fingerprint density at radius 2 is 1.66 bits per heavy atom. The standard InChI is InChI=1S/C26H22ClNO4/c27-18-7-5-6-17(14-18)26(24(29)30)12-13-28(16-26)25(31)32-15-23-21-10-3-1-8-19(21)20-9-2-4-11-22(20)23/h1-11,14,23H,12-13,15-16H2,(H,29,30). The average molecular weight is 448 g/mol. The summed E-state index contributed by atoms with van der Waals surface area (Å²) in [7, 11) is 0. The second-order valence-corrected chi connectivity index (χ2v) is 8.81. The van der Waals surface area contributed by atoms with Gasteiger partial charge in [-0.25, -0.2) is 4.79 Å². The van der Waals surface area contributed by atoms with E-state index in [1.807, 2.05) is 24.3 Å². The van der Waals surface area contributed by atoms with Crippen LogP contribution in [-0.4, -0.2) is 41.8 Å². The van der Waals surface area contributed by atoms with Crippen LogP contribution in [-0.2, 0) is 14.9 Å². The molecule has 1 heterocycles. The van der Waals surface area contributed by atoms with Gasteiger partial charge in [-0.15, -0.1) is 0 Å². The van der Waals surface area contributed by atoms with Gasteiger partial charge in [0.1, 0.15) is 12.0 Å². The van der Waals surface area contributed by atoms with Crippen molar-refractivity contribution in [2.45, 2.75) is 17.8 Å². The van der Waals surface area contributed by atoms with Gasteiger partial charge in [0.25, 0.3) is 0 Å². The summed E-state index contributed by atoms with van der Waals surface area (Å²) in [5, 5.41) is 10.5. The first-order chi connectivity index (χ1) is 15.5. The van der Waals surface area contributed by atoms with Crippen LogP contribution in [0.3, 0.4) is 0 Å². The van der Waals surface area contributed by atoms with Gasteiger partial charge in [0, 0.05) is 24.0 Å². The van der Waals surface area contributed by atoms with Crippen LogP contribution in [0.1, 0.15) is 29.0 Å². The van der Waals surface area contributed by atoms with Gasteiger partial charge in [0.05, 0.1) is 0 Å². The maximum Gasteiger partial charge on any atom is 0.409 e. The SMILES string of the molecule is O=C(OCC1c2ccccc2-c2ccccc21)N1CCC(C(=O)O)(c2cccc(Cl)c2)C1. The van der Waals surface area contributed by atoms with Gasteiger partial charge in [0.15, 0.2) is 0 Å². The Bertz CT molecular complexity index is 1160. The van der Waals surface area contributed by atoms with E-state index in [2.05, 4.69) is 24.3 Å². The molecule has 0 aromatic heterocycles. The monoisotopic (exact) mass is 447 g/mol. The number of halogens is 1. The van der Waals surface area contributed by atoms with E-state index in [1.165, 1.54) is 4.90 Å². The number of amides is 1. The van der Waals surface area contributed by atoms with Crippen molar-refractivity contribution in [1.82, 2.24) is 4.90 Å². The van der Waals surface area contributed by atoms with E-state index >= 15 is 0 Å². The predicted octanol–water partition coefficient (Wildman–Crippen LogP) is 5.32. The van der Waals surface area contributed by atoms with Crippen LogP contribution in [0, 0.1) is 0 Å². The lowest BCUT2D eigenvalue weighted by Gasteiger charge is -2.25. The van der Waals surface area contributed by atoms with Crippen LogP contribution in [0.2, 0.25) is 5.02 Å². The summed E-state index contributed by atoms with van der Waals surface area (Å²) in [5.41, 5.74) is 4.03. The Balaban J connectivity index is 1.33. The first-order valence-corrected chi connectivity index (χ1v) is 11.0. The van der Waals surface area contributed by atoms with Crippen molar-refractivity contribution in [1.29, 1.82) is 0 Å². The first-order valence-electron chi connectivity index (χ1n) is 10.6. The highest BCUT2D eigenvalue weighted by Gasteiger charge is 2.48. The smallest absolute Gasteiger partial charge is 0.409 e. The number of hydrogen-bond donors (Lipinski definition) is 1. The minimum absolute atomic E-state index is 0.0360. The fraction of sp³-hybridized carbons (Fsp3) is 0.231. The Hall–Kier alpha value is -3.31. The summed E-state index contributed by atoms with van der Waals surface area (Å²) in [6.45, 7) is 0.579. The largest absolute Gasteiger partial charge is 0.481 e. The third-order valence-corrected chi connectivity index (χ3v) is 6.89. The van der Waals surface area contributed by atoms with Crippen molar-refractivity contribution in [3.63, 3.8) is 0 Å². The third-order valence-electron chi connectivity index (χ3n) is 6.65. The van der Waals surface area contributed by atoms with E-state index < -0.39 is 17.5 Å². The molecule has 5 nitrogen and oxygen atoms in total. The number of hydrogen-bond acceptors (Lipinski definition) is 3. The van der Waals surface area contributed by atoms with Crippen molar-refractivity contribution >= 4 is 23.7 Å². The number of carbonyl (C=O) groups excluding carboxylic acids is 1. The first kappa shape index (κ1) is 20.6. The maximum absolute atomic E-state index is 12.9.